The highest BCUT2D eigenvalue weighted by Crippen LogP contribution is 2.19. The summed E-state index contributed by atoms with van der Waals surface area (Å²) in [5.74, 6) is 0.958. The monoisotopic (exact) mass is 296 g/mol. The van der Waals surface area contributed by atoms with Crippen LogP contribution in [0.15, 0.2) is 0 Å². The van der Waals surface area contributed by atoms with Crippen LogP contribution in [0.25, 0.3) is 0 Å². The molecule has 1 fully saturated rings. The van der Waals surface area contributed by atoms with Crippen LogP contribution in [0.5, 0.6) is 0 Å². The first kappa shape index (κ1) is 19.0. The standard InChI is InChI=1S/C19H40N2/c1-4-7-8-9-10-15-20-16-11-19(12-17-20)18-21(13-5-2)14-6-3/h19H,4-18H2,1-3H3. The molecule has 1 aliphatic heterocycles. The molecule has 1 heterocycles. The van der Waals surface area contributed by atoms with E-state index >= 15 is 0 Å². The van der Waals surface area contributed by atoms with Crippen LogP contribution in [0.2, 0.25) is 0 Å². The first-order valence-electron chi connectivity index (χ1n) is 9.74. The molecule has 0 aromatic rings. The van der Waals surface area contributed by atoms with Crippen molar-refractivity contribution in [1.82, 2.24) is 9.80 Å². The molecule has 2 heteroatoms. The summed E-state index contributed by atoms with van der Waals surface area (Å²) in [5, 5.41) is 0. The maximum absolute atomic E-state index is 2.71. The van der Waals surface area contributed by atoms with Gasteiger partial charge in [-0.3, -0.25) is 0 Å². The smallest absolute Gasteiger partial charge is 0.00106 e. The van der Waals surface area contributed by atoms with Gasteiger partial charge in [-0.25, -0.2) is 0 Å². The summed E-state index contributed by atoms with van der Waals surface area (Å²) < 4.78 is 0. The summed E-state index contributed by atoms with van der Waals surface area (Å²) in [4.78, 5) is 5.41. The Kier molecular flexibility index (Phi) is 11.3. The Bertz CT molecular complexity index is 216. The first-order chi connectivity index (χ1) is 10.3. The van der Waals surface area contributed by atoms with E-state index in [1.165, 1.54) is 97.1 Å². The lowest BCUT2D eigenvalue weighted by Gasteiger charge is -2.35. The molecule has 0 saturated carbocycles. The summed E-state index contributed by atoms with van der Waals surface area (Å²) in [7, 11) is 0. The Hall–Kier alpha value is -0.0800. The summed E-state index contributed by atoms with van der Waals surface area (Å²) >= 11 is 0. The van der Waals surface area contributed by atoms with Crippen LogP contribution >= 0.6 is 0 Å². The Morgan fingerprint density at radius 1 is 0.810 bits per heavy atom. The zero-order valence-electron chi connectivity index (χ0n) is 15.1. The number of nitrogens with zero attached hydrogens (tertiary/aromatic N) is 2. The molecule has 1 aliphatic rings. The van der Waals surface area contributed by atoms with Crippen LogP contribution < -0.4 is 0 Å². The molecule has 0 spiro atoms. The molecule has 21 heavy (non-hydrogen) atoms. The Balaban J connectivity index is 2.10. The van der Waals surface area contributed by atoms with Crippen molar-refractivity contribution in [3.8, 4) is 0 Å². The van der Waals surface area contributed by atoms with Crippen molar-refractivity contribution >= 4 is 0 Å². The lowest BCUT2D eigenvalue weighted by molar-refractivity contribution is 0.141. The second kappa shape index (κ2) is 12.5. The lowest BCUT2D eigenvalue weighted by Crippen LogP contribution is -2.39. The molecule has 126 valence electrons. The average molecular weight is 297 g/mol. The molecule has 2 nitrogen and oxygen atoms in total. The van der Waals surface area contributed by atoms with Gasteiger partial charge in [-0.05, 0) is 70.7 Å². The molecule has 0 aromatic heterocycles. The summed E-state index contributed by atoms with van der Waals surface area (Å²) in [6.45, 7) is 14.9. The number of likely N-dealkylation sites (tertiary alicyclic amines) is 1. The second-order valence-corrected chi connectivity index (χ2v) is 7.00. The van der Waals surface area contributed by atoms with Crippen LogP contribution in [-0.4, -0.2) is 49.1 Å². The third-order valence-corrected chi connectivity index (χ3v) is 4.88. The topological polar surface area (TPSA) is 6.48 Å². The van der Waals surface area contributed by atoms with Gasteiger partial charge in [-0.1, -0.05) is 46.5 Å². The van der Waals surface area contributed by atoms with Gasteiger partial charge in [0.2, 0.25) is 0 Å². The van der Waals surface area contributed by atoms with Crippen molar-refractivity contribution in [2.75, 3.05) is 39.3 Å². The minimum Gasteiger partial charge on any atom is -0.303 e. The fourth-order valence-electron chi connectivity index (χ4n) is 3.62. The molecule has 0 unspecified atom stereocenters. The molecular formula is C19H40N2. The maximum atomic E-state index is 2.71. The molecule has 0 radical (unpaired) electrons. The van der Waals surface area contributed by atoms with Crippen molar-refractivity contribution in [1.29, 1.82) is 0 Å². The van der Waals surface area contributed by atoms with Crippen molar-refractivity contribution < 1.29 is 0 Å². The van der Waals surface area contributed by atoms with Crippen LogP contribution in [0.3, 0.4) is 0 Å². The Morgan fingerprint density at radius 2 is 1.43 bits per heavy atom. The lowest BCUT2D eigenvalue weighted by atomic mass is 9.95. The predicted octanol–water partition coefficient (Wildman–Crippen LogP) is 4.79. The summed E-state index contributed by atoms with van der Waals surface area (Å²) in [6, 6.07) is 0. The van der Waals surface area contributed by atoms with Crippen molar-refractivity contribution in [2.24, 2.45) is 5.92 Å². The SMILES string of the molecule is CCCCCCCN1CCC(CN(CCC)CCC)CC1. The van der Waals surface area contributed by atoms with E-state index in [-0.39, 0.29) is 0 Å². The Labute approximate surface area is 134 Å². The maximum Gasteiger partial charge on any atom is 0.00106 e. The van der Waals surface area contributed by atoms with Crippen molar-refractivity contribution in [3.63, 3.8) is 0 Å². The first-order valence-corrected chi connectivity index (χ1v) is 9.74. The molecule has 0 amide bonds. The third kappa shape index (κ3) is 8.83. The van der Waals surface area contributed by atoms with Gasteiger partial charge in [0.25, 0.3) is 0 Å². The van der Waals surface area contributed by atoms with Crippen molar-refractivity contribution in [2.45, 2.75) is 78.6 Å². The van der Waals surface area contributed by atoms with E-state index < -0.39 is 0 Å². The zero-order valence-corrected chi connectivity index (χ0v) is 15.1. The van der Waals surface area contributed by atoms with Gasteiger partial charge in [0, 0.05) is 6.54 Å². The van der Waals surface area contributed by atoms with E-state index in [1.54, 1.807) is 0 Å². The molecule has 0 bridgehead atoms. The Morgan fingerprint density at radius 3 is 2.00 bits per heavy atom. The van der Waals surface area contributed by atoms with Crippen LogP contribution in [0, 0.1) is 5.92 Å². The molecule has 1 saturated heterocycles. The third-order valence-electron chi connectivity index (χ3n) is 4.88. The molecule has 0 aliphatic carbocycles. The minimum atomic E-state index is 0.958. The molecule has 1 rings (SSSR count). The average Bonchev–Trinajstić information content (AvgIpc) is 2.49. The quantitative estimate of drug-likeness (QED) is 0.478. The van der Waals surface area contributed by atoms with E-state index in [0.29, 0.717) is 0 Å². The number of hydrogen-bond acceptors (Lipinski definition) is 2. The van der Waals surface area contributed by atoms with E-state index in [9.17, 15) is 0 Å². The zero-order chi connectivity index (χ0) is 15.3. The van der Waals surface area contributed by atoms with Gasteiger partial charge in [0.1, 0.15) is 0 Å². The number of rotatable bonds is 12. The predicted molar refractivity (Wildman–Crippen MR) is 94.9 cm³/mol. The molecular weight excluding hydrogens is 256 g/mol. The number of hydrogen-bond donors (Lipinski definition) is 0. The van der Waals surface area contributed by atoms with E-state index in [4.69, 9.17) is 0 Å². The van der Waals surface area contributed by atoms with Crippen molar-refractivity contribution in [3.05, 3.63) is 0 Å². The normalized spacial score (nSPS) is 17.7. The van der Waals surface area contributed by atoms with Crippen LogP contribution in [-0.2, 0) is 0 Å². The van der Waals surface area contributed by atoms with Gasteiger partial charge in [-0.2, -0.15) is 0 Å². The molecule has 0 aromatic carbocycles. The van der Waals surface area contributed by atoms with E-state index in [1.807, 2.05) is 0 Å². The van der Waals surface area contributed by atoms with Gasteiger partial charge >= 0.3 is 0 Å². The fourth-order valence-corrected chi connectivity index (χ4v) is 3.62. The highest BCUT2D eigenvalue weighted by atomic mass is 15.1. The minimum absolute atomic E-state index is 0.958. The van der Waals surface area contributed by atoms with E-state index in [0.717, 1.165) is 5.92 Å². The summed E-state index contributed by atoms with van der Waals surface area (Å²) in [6.07, 6.45) is 12.5. The summed E-state index contributed by atoms with van der Waals surface area (Å²) in [5.41, 5.74) is 0. The van der Waals surface area contributed by atoms with Gasteiger partial charge in [-0.15, -0.1) is 0 Å². The van der Waals surface area contributed by atoms with E-state index in [2.05, 4.69) is 30.6 Å². The van der Waals surface area contributed by atoms with Gasteiger partial charge < -0.3 is 9.80 Å². The largest absolute Gasteiger partial charge is 0.303 e. The highest BCUT2D eigenvalue weighted by molar-refractivity contribution is 4.75. The van der Waals surface area contributed by atoms with Crippen LogP contribution in [0.1, 0.15) is 78.6 Å². The molecule has 0 N–H and O–H groups in total. The molecule has 0 atom stereocenters. The van der Waals surface area contributed by atoms with Gasteiger partial charge in [0.15, 0.2) is 0 Å². The number of piperidine rings is 1. The fraction of sp³-hybridized carbons (Fsp3) is 1.00. The van der Waals surface area contributed by atoms with Crippen LogP contribution in [0.4, 0.5) is 0 Å². The second-order valence-electron chi connectivity index (χ2n) is 7.00. The number of unbranched alkanes of at least 4 members (excludes halogenated alkanes) is 4. The van der Waals surface area contributed by atoms with Gasteiger partial charge in [0.05, 0.1) is 0 Å². The highest BCUT2D eigenvalue weighted by Gasteiger charge is 2.20.